The van der Waals surface area contributed by atoms with E-state index in [-0.39, 0.29) is 11.5 Å². The fourth-order valence-electron chi connectivity index (χ4n) is 4.23. The molecule has 0 spiro atoms. The summed E-state index contributed by atoms with van der Waals surface area (Å²) in [5.41, 5.74) is 5.61. The van der Waals surface area contributed by atoms with Crippen molar-refractivity contribution < 1.29 is 18.9 Å². The highest BCUT2D eigenvalue weighted by atomic mass is 35.5. The Labute approximate surface area is 199 Å². The van der Waals surface area contributed by atoms with Crippen LogP contribution in [-0.4, -0.2) is 38.2 Å². The number of benzene rings is 2. The van der Waals surface area contributed by atoms with Crippen molar-refractivity contribution in [1.82, 2.24) is 4.98 Å². The van der Waals surface area contributed by atoms with Gasteiger partial charge in [-0.2, -0.15) is 0 Å². The van der Waals surface area contributed by atoms with Crippen LogP contribution in [0.2, 0.25) is 5.02 Å². The number of carbonyl (C=O) groups is 2. The van der Waals surface area contributed by atoms with Crippen molar-refractivity contribution in [2.75, 3.05) is 17.3 Å². The topological polar surface area (TPSA) is 99.3 Å². The summed E-state index contributed by atoms with van der Waals surface area (Å²) in [5, 5.41) is 13.3. The van der Waals surface area contributed by atoms with Gasteiger partial charge in [-0.3, -0.25) is 9.00 Å². The maximum absolute atomic E-state index is 12.9. The van der Waals surface area contributed by atoms with Crippen molar-refractivity contribution in [2.24, 2.45) is 0 Å². The lowest BCUT2D eigenvalue weighted by molar-refractivity contribution is -0.110. The SMILES string of the molecule is Cc1[nH]c(/C=C2\C(=O)Nc3cccc(-c4ccc(Cl)cc4)c32)c(CCCS(C)=O)c1C(=O)O. The van der Waals surface area contributed by atoms with Crippen LogP contribution < -0.4 is 5.32 Å². The van der Waals surface area contributed by atoms with Crippen molar-refractivity contribution in [2.45, 2.75) is 19.8 Å². The molecule has 2 heterocycles. The Bertz CT molecular complexity index is 1310. The highest BCUT2D eigenvalue weighted by Gasteiger charge is 2.29. The molecule has 0 aliphatic carbocycles. The number of fused-ring (bicyclic) bond motifs is 1. The number of anilines is 1. The number of hydrogen-bond donors (Lipinski definition) is 3. The number of aromatic nitrogens is 1. The normalized spacial score (nSPS) is 14.9. The molecule has 0 saturated heterocycles. The van der Waals surface area contributed by atoms with Gasteiger partial charge in [0.2, 0.25) is 0 Å². The number of hydrogen-bond acceptors (Lipinski definition) is 3. The van der Waals surface area contributed by atoms with Gasteiger partial charge in [-0.15, -0.1) is 0 Å². The lowest BCUT2D eigenvalue weighted by Gasteiger charge is -2.09. The van der Waals surface area contributed by atoms with Gasteiger partial charge < -0.3 is 15.4 Å². The number of aromatic carboxylic acids is 1. The minimum absolute atomic E-state index is 0.202. The van der Waals surface area contributed by atoms with Gasteiger partial charge in [0.05, 0.1) is 11.1 Å². The number of aromatic amines is 1. The van der Waals surface area contributed by atoms with Crippen LogP contribution in [-0.2, 0) is 22.0 Å². The zero-order valence-electron chi connectivity index (χ0n) is 18.2. The first-order valence-electron chi connectivity index (χ1n) is 10.4. The molecule has 4 rings (SSSR count). The number of halogens is 1. The van der Waals surface area contributed by atoms with E-state index in [1.54, 1.807) is 31.4 Å². The van der Waals surface area contributed by atoms with Crippen LogP contribution >= 0.6 is 11.6 Å². The summed E-state index contributed by atoms with van der Waals surface area (Å²) < 4.78 is 11.5. The zero-order valence-corrected chi connectivity index (χ0v) is 19.8. The van der Waals surface area contributed by atoms with Gasteiger partial charge in [0.25, 0.3) is 5.91 Å². The Morgan fingerprint density at radius 3 is 2.58 bits per heavy atom. The Balaban J connectivity index is 1.84. The molecular weight excluding hydrogens is 460 g/mol. The van der Waals surface area contributed by atoms with Crippen molar-refractivity contribution in [3.05, 3.63) is 75.6 Å². The third-order valence-corrected chi connectivity index (χ3v) is 6.78. The molecule has 1 atom stereocenters. The molecule has 0 fully saturated rings. The fourth-order valence-corrected chi connectivity index (χ4v) is 4.90. The second kappa shape index (κ2) is 9.37. The maximum atomic E-state index is 12.9. The molecule has 0 saturated carbocycles. The first-order chi connectivity index (χ1) is 15.8. The van der Waals surface area contributed by atoms with E-state index in [4.69, 9.17) is 11.6 Å². The van der Waals surface area contributed by atoms with Crippen LogP contribution in [0.15, 0.2) is 42.5 Å². The zero-order chi connectivity index (χ0) is 23.7. The van der Waals surface area contributed by atoms with E-state index in [0.29, 0.717) is 51.8 Å². The Morgan fingerprint density at radius 2 is 1.91 bits per heavy atom. The quantitative estimate of drug-likeness (QED) is 0.406. The second-order valence-corrected chi connectivity index (χ2v) is 9.94. The minimum atomic E-state index is -1.03. The molecule has 33 heavy (non-hydrogen) atoms. The summed E-state index contributed by atoms with van der Waals surface area (Å²) in [6.45, 7) is 1.70. The second-order valence-electron chi connectivity index (χ2n) is 7.95. The van der Waals surface area contributed by atoms with Crippen LogP contribution in [0.1, 0.15) is 39.3 Å². The molecule has 3 aromatic rings. The fraction of sp³-hybridized carbons (Fsp3) is 0.200. The van der Waals surface area contributed by atoms with E-state index in [9.17, 15) is 18.9 Å². The van der Waals surface area contributed by atoms with Crippen LogP contribution in [0.3, 0.4) is 0 Å². The van der Waals surface area contributed by atoms with Crippen LogP contribution in [0.25, 0.3) is 22.8 Å². The molecule has 1 aromatic heterocycles. The summed E-state index contributed by atoms with van der Waals surface area (Å²) in [7, 11) is -0.968. The summed E-state index contributed by atoms with van der Waals surface area (Å²) in [4.78, 5) is 28.0. The summed E-state index contributed by atoms with van der Waals surface area (Å²) in [6.07, 6.45) is 4.37. The number of rotatable bonds is 7. The van der Waals surface area contributed by atoms with Crippen molar-refractivity contribution in [1.29, 1.82) is 0 Å². The first kappa shape index (κ1) is 23.0. The van der Waals surface area contributed by atoms with Gasteiger partial charge in [0.1, 0.15) is 0 Å². The molecule has 1 aliphatic rings. The van der Waals surface area contributed by atoms with Gasteiger partial charge in [0.15, 0.2) is 0 Å². The lowest BCUT2D eigenvalue weighted by Crippen LogP contribution is -2.05. The average molecular weight is 483 g/mol. The molecular formula is C25H23ClN2O4S. The molecule has 2 aromatic carbocycles. The van der Waals surface area contributed by atoms with Gasteiger partial charge >= 0.3 is 5.97 Å². The number of amides is 1. The van der Waals surface area contributed by atoms with Crippen LogP contribution in [0.4, 0.5) is 5.69 Å². The van der Waals surface area contributed by atoms with Gasteiger partial charge in [0, 0.05) is 50.5 Å². The molecule has 1 amide bonds. The van der Waals surface area contributed by atoms with E-state index in [1.165, 1.54) is 0 Å². The third-order valence-electron chi connectivity index (χ3n) is 5.67. The molecule has 1 aliphatic heterocycles. The van der Waals surface area contributed by atoms with Crippen molar-refractivity contribution in [3.63, 3.8) is 0 Å². The molecule has 170 valence electrons. The largest absolute Gasteiger partial charge is 0.478 e. The predicted octanol–water partition coefficient (Wildman–Crippen LogP) is 5.15. The van der Waals surface area contributed by atoms with E-state index < -0.39 is 16.8 Å². The Morgan fingerprint density at radius 1 is 1.18 bits per heavy atom. The molecule has 1 unspecified atom stereocenters. The predicted molar refractivity (Wildman–Crippen MR) is 133 cm³/mol. The third kappa shape index (κ3) is 4.65. The van der Waals surface area contributed by atoms with Crippen LogP contribution in [0.5, 0.6) is 0 Å². The number of carboxylic acid groups (broad SMARTS) is 1. The number of carboxylic acids is 1. The van der Waals surface area contributed by atoms with E-state index in [1.807, 2.05) is 30.3 Å². The van der Waals surface area contributed by atoms with E-state index >= 15 is 0 Å². The lowest BCUT2D eigenvalue weighted by atomic mass is 9.93. The standard InChI is InChI=1S/C25H23ClN2O4S/c1-14-22(25(30)31)18(6-4-12-33(2)32)21(27-14)13-19-23-17(15-8-10-16(26)11-9-15)5-3-7-20(23)28-24(19)29/h3,5,7-11,13,27H,4,6,12H2,1-2H3,(H,28,29)(H,30,31)/b19-13-. The Hall–Kier alpha value is -3.16. The number of nitrogens with one attached hydrogen (secondary N) is 2. The Kier molecular flexibility index (Phi) is 6.54. The van der Waals surface area contributed by atoms with Gasteiger partial charge in [-0.05, 0) is 60.7 Å². The van der Waals surface area contributed by atoms with E-state index in [0.717, 1.165) is 16.7 Å². The molecule has 3 N–H and O–H groups in total. The van der Waals surface area contributed by atoms with Crippen molar-refractivity contribution in [3.8, 4) is 11.1 Å². The number of H-pyrrole nitrogens is 1. The van der Waals surface area contributed by atoms with Crippen molar-refractivity contribution >= 4 is 51.6 Å². The molecule has 0 bridgehead atoms. The molecule has 6 nitrogen and oxygen atoms in total. The minimum Gasteiger partial charge on any atom is -0.478 e. The number of carbonyl (C=O) groups excluding carboxylic acids is 1. The summed E-state index contributed by atoms with van der Waals surface area (Å²) in [5.74, 6) is -0.807. The highest BCUT2D eigenvalue weighted by molar-refractivity contribution is 7.84. The first-order valence-corrected chi connectivity index (χ1v) is 12.5. The van der Waals surface area contributed by atoms with Gasteiger partial charge in [-0.25, -0.2) is 4.79 Å². The number of aryl methyl sites for hydroxylation is 1. The smallest absolute Gasteiger partial charge is 0.337 e. The highest BCUT2D eigenvalue weighted by Crippen LogP contribution is 2.41. The molecule has 0 radical (unpaired) electrons. The monoisotopic (exact) mass is 482 g/mol. The average Bonchev–Trinajstić information content (AvgIpc) is 3.24. The summed E-state index contributed by atoms with van der Waals surface area (Å²) in [6, 6.07) is 13.1. The molecule has 8 heteroatoms. The maximum Gasteiger partial charge on any atom is 0.337 e. The van der Waals surface area contributed by atoms with Crippen LogP contribution in [0, 0.1) is 6.92 Å². The van der Waals surface area contributed by atoms with Gasteiger partial charge in [-0.1, -0.05) is 35.9 Å². The van der Waals surface area contributed by atoms with E-state index in [2.05, 4.69) is 10.3 Å². The summed E-state index contributed by atoms with van der Waals surface area (Å²) >= 11 is 6.05.